The summed E-state index contributed by atoms with van der Waals surface area (Å²) in [6.07, 6.45) is 0. The number of rotatable bonds is 4. The van der Waals surface area contributed by atoms with E-state index in [0.717, 1.165) is 6.92 Å². The van der Waals surface area contributed by atoms with Crippen LogP contribution in [0.4, 0.5) is 13.2 Å². The van der Waals surface area contributed by atoms with Crippen molar-refractivity contribution in [2.24, 2.45) is 0 Å². The molecule has 4 nitrogen and oxygen atoms in total. The second-order valence-corrected chi connectivity index (χ2v) is 5.55. The van der Waals surface area contributed by atoms with Crippen LogP contribution in [0.25, 0.3) is 11.3 Å². The van der Waals surface area contributed by atoms with Gasteiger partial charge in [0, 0.05) is 18.6 Å². The Morgan fingerprint density at radius 3 is 2.32 bits per heavy atom. The van der Waals surface area contributed by atoms with Crippen LogP contribution in [0.5, 0.6) is 0 Å². The third-order valence-electron chi connectivity index (χ3n) is 3.40. The lowest BCUT2D eigenvalue weighted by atomic mass is 9.97. The lowest BCUT2D eigenvalue weighted by Gasteiger charge is -2.31. The molecule has 2 rings (SSSR count). The molecule has 0 unspecified atom stereocenters. The Morgan fingerprint density at radius 2 is 1.77 bits per heavy atom. The molecule has 22 heavy (non-hydrogen) atoms. The van der Waals surface area contributed by atoms with E-state index in [2.05, 4.69) is 10.5 Å². The predicted molar refractivity (Wildman–Crippen MR) is 74.1 cm³/mol. The number of nitrogens with one attached hydrogen (secondary N) is 1. The molecule has 0 aliphatic heterocycles. The minimum Gasteiger partial charge on any atom is -0.350 e. The van der Waals surface area contributed by atoms with Crippen LogP contribution >= 0.6 is 0 Å². The van der Waals surface area contributed by atoms with Crippen molar-refractivity contribution < 1.29 is 22.5 Å². The molecule has 1 aromatic carbocycles. The lowest BCUT2D eigenvalue weighted by Crippen LogP contribution is -2.54. The molecule has 118 valence electrons. The molecule has 0 radical (unpaired) electrons. The summed E-state index contributed by atoms with van der Waals surface area (Å²) in [6.45, 7) is 3.14. The van der Waals surface area contributed by atoms with Gasteiger partial charge in [-0.05, 0) is 38.1 Å². The largest absolute Gasteiger partial charge is 0.350 e. The summed E-state index contributed by atoms with van der Waals surface area (Å²) in [5, 5.41) is 5.89. The number of carbonyl (C=O) groups excluding carboxylic acids is 1. The van der Waals surface area contributed by atoms with Gasteiger partial charge in [0.2, 0.25) is 5.76 Å². The first kappa shape index (κ1) is 16.1. The molecule has 0 bridgehead atoms. The normalized spacial score (nSPS) is 12.3. The first-order valence-corrected chi connectivity index (χ1v) is 6.53. The molecule has 1 amide bonds. The van der Waals surface area contributed by atoms with Gasteiger partial charge < -0.3 is 9.84 Å². The Hall–Kier alpha value is -2.31. The number of halogens is 3. The molecule has 0 aliphatic rings. The Bertz CT molecular complexity index is 673. The van der Waals surface area contributed by atoms with Crippen molar-refractivity contribution in [3.05, 3.63) is 41.9 Å². The van der Waals surface area contributed by atoms with Crippen molar-refractivity contribution in [3.63, 3.8) is 0 Å². The molecule has 0 spiro atoms. The van der Waals surface area contributed by atoms with E-state index in [-0.39, 0.29) is 5.76 Å². The fourth-order valence-electron chi connectivity index (χ4n) is 1.59. The smallest absolute Gasteiger partial charge is 0.290 e. The lowest BCUT2D eigenvalue weighted by molar-refractivity contribution is -0.0550. The highest BCUT2D eigenvalue weighted by molar-refractivity contribution is 5.92. The zero-order valence-corrected chi connectivity index (χ0v) is 12.3. The molecular weight excluding hydrogens is 297 g/mol. The van der Waals surface area contributed by atoms with Crippen molar-refractivity contribution in [2.45, 2.75) is 32.2 Å². The van der Waals surface area contributed by atoms with E-state index in [1.54, 1.807) is 0 Å². The van der Waals surface area contributed by atoms with Crippen LogP contribution in [0.1, 0.15) is 31.3 Å². The number of hydrogen-bond donors (Lipinski definition) is 1. The standard InChI is InChI=1S/C15H15F3N2O2/c1-14(2,15(3,17)18)19-13(21)12-8-11(20-22-12)9-4-6-10(16)7-5-9/h4-8H,1-3H3,(H,19,21). The third kappa shape index (κ3) is 3.29. The number of benzene rings is 1. The van der Waals surface area contributed by atoms with E-state index in [1.165, 1.54) is 44.2 Å². The zero-order chi connectivity index (χ0) is 16.5. The summed E-state index contributed by atoms with van der Waals surface area (Å²) in [4.78, 5) is 12.0. The fourth-order valence-corrected chi connectivity index (χ4v) is 1.59. The van der Waals surface area contributed by atoms with E-state index < -0.39 is 23.2 Å². The van der Waals surface area contributed by atoms with E-state index in [9.17, 15) is 18.0 Å². The molecule has 0 aliphatic carbocycles. The minimum atomic E-state index is -3.11. The van der Waals surface area contributed by atoms with Gasteiger partial charge in [-0.2, -0.15) is 0 Å². The number of alkyl halides is 2. The second kappa shape index (κ2) is 5.47. The highest BCUT2D eigenvalue weighted by Gasteiger charge is 2.43. The molecule has 0 atom stereocenters. The molecule has 1 heterocycles. The first-order valence-electron chi connectivity index (χ1n) is 6.53. The number of amides is 1. The average molecular weight is 312 g/mol. The van der Waals surface area contributed by atoms with Gasteiger partial charge >= 0.3 is 0 Å². The maximum atomic E-state index is 13.4. The third-order valence-corrected chi connectivity index (χ3v) is 3.40. The van der Waals surface area contributed by atoms with Crippen molar-refractivity contribution >= 4 is 5.91 Å². The number of carbonyl (C=O) groups is 1. The van der Waals surface area contributed by atoms with Gasteiger partial charge in [-0.1, -0.05) is 5.16 Å². The van der Waals surface area contributed by atoms with Gasteiger partial charge in [-0.3, -0.25) is 4.79 Å². The average Bonchev–Trinajstić information content (AvgIpc) is 2.87. The topological polar surface area (TPSA) is 55.1 Å². The SMILES string of the molecule is CC(F)(F)C(C)(C)NC(=O)c1cc(-c2ccc(F)cc2)no1. The molecule has 0 fully saturated rings. The number of aromatic nitrogens is 1. The summed E-state index contributed by atoms with van der Waals surface area (Å²) in [5.74, 6) is -4.51. The van der Waals surface area contributed by atoms with Crippen molar-refractivity contribution in [1.82, 2.24) is 10.5 Å². The molecule has 1 aromatic heterocycles. The maximum absolute atomic E-state index is 13.4. The molecule has 1 N–H and O–H groups in total. The van der Waals surface area contributed by atoms with Crippen LogP contribution in [-0.2, 0) is 0 Å². The van der Waals surface area contributed by atoms with Gasteiger partial charge in [0.15, 0.2) is 0 Å². The monoisotopic (exact) mass is 312 g/mol. The van der Waals surface area contributed by atoms with E-state index in [4.69, 9.17) is 4.52 Å². The van der Waals surface area contributed by atoms with Gasteiger partial charge in [0.25, 0.3) is 11.8 Å². The van der Waals surface area contributed by atoms with Crippen LogP contribution in [0.3, 0.4) is 0 Å². The Kier molecular flexibility index (Phi) is 4.00. The van der Waals surface area contributed by atoms with Crippen LogP contribution in [0.15, 0.2) is 34.9 Å². The van der Waals surface area contributed by atoms with Gasteiger partial charge in [0.05, 0.1) is 5.54 Å². The maximum Gasteiger partial charge on any atom is 0.290 e. The van der Waals surface area contributed by atoms with Crippen molar-refractivity contribution in [2.75, 3.05) is 0 Å². The second-order valence-electron chi connectivity index (χ2n) is 5.55. The Labute approximate surface area is 125 Å². The summed E-state index contributed by atoms with van der Waals surface area (Å²) < 4.78 is 44.5. The Morgan fingerprint density at radius 1 is 1.18 bits per heavy atom. The van der Waals surface area contributed by atoms with Gasteiger partial charge in [-0.15, -0.1) is 0 Å². The minimum absolute atomic E-state index is 0.198. The summed E-state index contributed by atoms with van der Waals surface area (Å²) in [7, 11) is 0. The number of nitrogens with zero attached hydrogens (tertiary/aromatic N) is 1. The van der Waals surface area contributed by atoms with E-state index >= 15 is 0 Å². The van der Waals surface area contributed by atoms with Gasteiger partial charge in [0.1, 0.15) is 11.5 Å². The summed E-state index contributed by atoms with van der Waals surface area (Å²) in [5.41, 5.74) is -0.886. The molecule has 7 heteroatoms. The van der Waals surface area contributed by atoms with Gasteiger partial charge in [-0.25, -0.2) is 13.2 Å². The van der Waals surface area contributed by atoms with Crippen LogP contribution < -0.4 is 5.32 Å². The van der Waals surface area contributed by atoms with Crippen LogP contribution in [0.2, 0.25) is 0 Å². The van der Waals surface area contributed by atoms with Crippen molar-refractivity contribution in [3.8, 4) is 11.3 Å². The number of hydrogen-bond acceptors (Lipinski definition) is 3. The zero-order valence-electron chi connectivity index (χ0n) is 12.3. The fraction of sp³-hybridized carbons (Fsp3) is 0.333. The predicted octanol–water partition coefficient (Wildman–Crippen LogP) is 3.64. The van der Waals surface area contributed by atoms with E-state index in [1.807, 2.05) is 0 Å². The summed E-state index contributed by atoms with van der Waals surface area (Å²) >= 11 is 0. The van der Waals surface area contributed by atoms with Crippen LogP contribution in [-0.4, -0.2) is 22.5 Å². The van der Waals surface area contributed by atoms with Crippen LogP contribution in [0, 0.1) is 5.82 Å². The molecule has 0 saturated carbocycles. The molecule has 0 saturated heterocycles. The molecular formula is C15H15F3N2O2. The highest BCUT2D eigenvalue weighted by Crippen LogP contribution is 2.28. The highest BCUT2D eigenvalue weighted by atomic mass is 19.3. The molecule has 2 aromatic rings. The Balaban J connectivity index is 2.18. The quantitative estimate of drug-likeness (QED) is 0.937. The summed E-state index contributed by atoms with van der Waals surface area (Å²) in [6, 6.07) is 6.74. The first-order chi connectivity index (χ1) is 10.1. The van der Waals surface area contributed by atoms with E-state index in [0.29, 0.717) is 11.3 Å². The van der Waals surface area contributed by atoms with Crippen molar-refractivity contribution in [1.29, 1.82) is 0 Å².